The molecule has 0 atom stereocenters. The van der Waals surface area contributed by atoms with E-state index in [1.807, 2.05) is 0 Å². The maximum Gasteiger partial charge on any atom is 0.0870 e. The molecule has 0 bridgehead atoms. The molecule has 59 valence electrons. The summed E-state index contributed by atoms with van der Waals surface area (Å²) in [6.07, 6.45) is 0. The molecule has 0 aliphatic heterocycles. The Morgan fingerprint density at radius 3 is 1.22 bits per heavy atom. The molecule has 6 heteroatoms. The first kappa shape index (κ1) is 15.9. The molecule has 1 N–H and O–H groups in total. The van der Waals surface area contributed by atoms with Gasteiger partial charge in [0.1, 0.15) is 0 Å². The minimum Gasteiger partial charge on any atom is -0.543 e. The minimum absolute atomic E-state index is 0. The van der Waals surface area contributed by atoms with E-state index in [1.54, 1.807) is 0 Å². The summed E-state index contributed by atoms with van der Waals surface area (Å²) in [6.45, 7) is 0. The van der Waals surface area contributed by atoms with Crippen molar-refractivity contribution in [2.24, 2.45) is 0 Å². The molecule has 0 aromatic carbocycles. The molecule has 0 aliphatic rings. The number of carboxylic acids is 2. The van der Waals surface area contributed by atoms with Crippen molar-refractivity contribution in [2.45, 2.75) is 0 Å². The van der Waals surface area contributed by atoms with E-state index in [1.165, 1.54) is 0 Å². The Bertz CT molecular complexity index is 78.2. The molecule has 0 unspecified atom stereocenters. The molecule has 0 aromatic heterocycles. The molecule has 0 rings (SSSR count). The SMILES string of the molecule is CO.O=C([O-])C(=O)[O-].[Ag]. The molecule has 1 radical (unpaired) electrons. The van der Waals surface area contributed by atoms with E-state index in [4.69, 9.17) is 24.9 Å². The van der Waals surface area contributed by atoms with Gasteiger partial charge in [-0.25, -0.2) is 0 Å². The van der Waals surface area contributed by atoms with E-state index in [2.05, 4.69) is 0 Å². The molecular formula is C3H4AgO5-2. The van der Waals surface area contributed by atoms with E-state index in [0.717, 1.165) is 7.11 Å². The predicted octanol–water partition coefficient (Wildman–Crippen LogP) is -3.91. The fraction of sp³-hybridized carbons (Fsp3) is 0.333. The number of rotatable bonds is 0. The van der Waals surface area contributed by atoms with Gasteiger partial charge in [-0.2, -0.15) is 0 Å². The first-order chi connectivity index (χ1) is 3.64. The Morgan fingerprint density at radius 1 is 1.11 bits per heavy atom. The molecule has 0 saturated heterocycles. The van der Waals surface area contributed by atoms with Crippen molar-refractivity contribution < 1.29 is 47.3 Å². The Kier molecular flexibility index (Phi) is 18.7. The van der Waals surface area contributed by atoms with E-state index >= 15 is 0 Å². The Hall–Kier alpha value is -0.360. The van der Waals surface area contributed by atoms with Crippen LogP contribution < -0.4 is 10.2 Å². The van der Waals surface area contributed by atoms with Crippen LogP contribution in [-0.2, 0) is 32.0 Å². The summed E-state index contributed by atoms with van der Waals surface area (Å²) in [5, 5.41) is 24.9. The molecule has 0 saturated carbocycles. The quantitative estimate of drug-likeness (QED) is 0.337. The van der Waals surface area contributed by atoms with Gasteiger partial charge in [0.05, 0.1) is 11.9 Å². The number of aliphatic hydroxyl groups is 1. The second-order valence-corrected chi connectivity index (χ2v) is 0.575. The summed E-state index contributed by atoms with van der Waals surface area (Å²) in [7, 11) is 1.00. The van der Waals surface area contributed by atoms with Gasteiger partial charge in [-0.15, -0.1) is 0 Å². The van der Waals surface area contributed by atoms with Gasteiger partial charge in [0.2, 0.25) is 0 Å². The van der Waals surface area contributed by atoms with Crippen molar-refractivity contribution in [3.63, 3.8) is 0 Å². The standard InChI is InChI=1S/C2H2O4.CH4O.Ag/c3-1(4)2(5)6;1-2;/h(H,3,4)(H,5,6);2H,1H3;/p-2. The summed E-state index contributed by atoms with van der Waals surface area (Å²) >= 11 is 0. The smallest absolute Gasteiger partial charge is 0.0870 e. The monoisotopic (exact) mass is 227 g/mol. The predicted molar refractivity (Wildman–Crippen MR) is 18.2 cm³/mol. The minimum atomic E-state index is -2.19. The molecule has 0 fully saturated rings. The van der Waals surface area contributed by atoms with Crippen molar-refractivity contribution >= 4 is 11.9 Å². The fourth-order valence-corrected chi connectivity index (χ4v) is 0. The van der Waals surface area contributed by atoms with Gasteiger partial charge in [0.15, 0.2) is 0 Å². The largest absolute Gasteiger partial charge is 0.543 e. The summed E-state index contributed by atoms with van der Waals surface area (Å²) in [6, 6.07) is 0. The third-order valence-electron chi connectivity index (χ3n) is 0.167. The second kappa shape index (κ2) is 10.6. The van der Waals surface area contributed by atoms with Crippen molar-refractivity contribution in [3.05, 3.63) is 0 Å². The zero-order chi connectivity index (χ0) is 7.15. The van der Waals surface area contributed by atoms with Gasteiger partial charge in [0.25, 0.3) is 0 Å². The second-order valence-electron chi connectivity index (χ2n) is 0.575. The van der Waals surface area contributed by atoms with E-state index in [0.29, 0.717) is 0 Å². The van der Waals surface area contributed by atoms with Crippen LogP contribution in [0.15, 0.2) is 0 Å². The Morgan fingerprint density at radius 2 is 1.22 bits per heavy atom. The van der Waals surface area contributed by atoms with Gasteiger partial charge in [0, 0.05) is 29.5 Å². The molecule has 5 nitrogen and oxygen atoms in total. The number of hydrogen-bond acceptors (Lipinski definition) is 5. The van der Waals surface area contributed by atoms with Crippen molar-refractivity contribution in [2.75, 3.05) is 7.11 Å². The maximum absolute atomic E-state index is 8.93. The van der Waals surface area contributed by atoms with E-state index < -0.39 is 11.9 Å². The summed E-state index contributed by atoms with van der Waals surface area (Å²) < 4.78 is 0. The van der Waals surface area contributed by atoms with Crippen LogP contribution in [0.2, 0.25) is 0 Å². The Balaban J connectivity index is -0.000000109. The van der Waals surface area contributed by atoms with Crippen LogP contribution in [0.5, 0.6) is 0 Å². The maximum atomic E-state index is 8.93. The zero-order valence-electron chi connectivity index (χ0n) is 4.38. The first-order valence-electron chi connectivity index (χ1n) is 1.51. The first-order valence-corrected chi connectivity index (χ1v) is 1.51. The van der Waals surface area contributed by atoms with Gasteiger partial charge in [-0.1, -0.05) is 0 Å². The molecule has 0 aliphatic carbocycles. The fourth-order valence-electron chi connectivity index (χ4n) is 0. The number of aliphatic hydroxyl groups excluding tert-OH is 1. The third kappa shape index (κ3) is 18.3. The summed E-state index contributed by atoms with van der Waals surface area (Å²) in [4.78, 5) is 17.9. The average Bonchev–Trinajstić information content (AvgIpc) is 1.72. The van der Waals surface area contributed by atoms with Crippen LogP contribution in [0.1, 0.15) is 0 Å². The van der Waals surface area contributed by atoms with Crippen LogP contribution in [0.3, 0.4) is 0 Å². The number of carbonyl (C=O) groups excluding carboxylic acids is 2. The summed E-state index contributed by atoms with van der Waals surface area (Å²) in [5.41, 5.74) is 0. The van der Waals surface area contributed by atoms with Crippen LogP contribution in [0, 0.1) is 0 Å². The molecule has 0 heterocycles. The third-order valence-corrected chi connectivity index (χ3v) is 0.167. The number of carboxylic acid groups (broad SMARTS) is 2. The summed E-state index contributed by atoms with van der Waals surface area (Å²) in [5.74, 6) is -4.37. The molecule has 0 aromatic rings. The normalized spacial score (nSPS) is 5.56. The average molecular weight is 228 g/mol. The molecule has 9 heavy (non-hydrogen) atoms. The van der Waals surface area contributed by atoms with Crippen LogP contribution in [0.4, 0.5) is 0 Å². The zero-order valence-corrected chi connectivity index (χ0v) is 5.86. The van der Waals surface area contributed by atoms with Crippen molar-refractivity contribution in [1.82, 2.24) is 0 Å². The molecule has 0 spiro atoms. The van der Waals surface area contributed by atoms with E-state index in [-0.39, 0.29) is 22.4 Å². The van der Waals surface area contributed by atoms with Gasteiger partial charge < -0.3 is 24.9 Å². The number of carbonyl (C=O) groups is 2. The number of hydrogen-bond donors (Lipinski definition) is 1. The van der Waals surface area contributed by atoms with Crippen LogP contribution in [0.25, 0.3) is 0 Å². The van der Waals surface area contributed by atoms with Gasteiger partial charge in [-0.3, -0.25) is 0 Å². The van der Waals surface area contributed by atoms with Crippen molar-refractivity contribution in [1.29, 1.82) is 0 Å². The van der Waals surface area contributed by atoms with Crippen molar-refractivity contribution in [3.8, 4) is 0 Å². The molecule has 0 amide bonds. The van der Waals surface area contributed by atoms with E-state index in [9.17, 15) is 0 Å². The van der Waals surface area contributed by atoms with Crippen LogP contribution >= 0.6 is 0 Å². The topological polar surface area (TPSA) is 100 Å². The van der Waals surface area contributed by atoms with Crippen LogP contribution in [-0.4, -0.2) is 24.2 Å². The van der Waals surface area contributed by atoms with Gasteiger partial charge in [-0.05, 0) is 0 Å². The number of aliphatic carboxylic acids is 2. The molecular weight excluding hydrogens is 224 g/mol. The van der Waals surface area contributed by atoms with Gasteiger partial charge >= 0.3 is 0 Å². The Labute approximate surface area is 66.8 Å².